The van der Waals surface area contributed by atoms with E-state index >= 15 is 0 Å². The van der Waals surface area contributed by atoms with Crippen molar-refractivity contribution in [2.45, 2.75) is 58.7 Å². The van der Waals surface area contributed by atoms with E-state index in [0.717, 1.165) is 55.2 Å². The molecule has 0 bridgehead atoms. The molecule has 0 N–H and O–H groups in total. The quantitative estimate of drug-likeness (QED) is 0.784. The Labute approximate surface area is 131 Å². The molecule has 1 aromatic rings. The second-order valence-electron chi connectivity index (χ2n) is 5.38. The van der Waals surface area contributed by atoms with Gasteiger partial charge in [0.15, 0.2) is 0 Å². The van der Waals surface area contributed by atoms with Crippen LogP contribution in [0.15, 0.2) is 0 Å². The highest BCUT2D eigenvalue weighted by Gasteiger charge is 2.31. The SMILES string of the molecule is CCc1nn(CC)c(CN2CCCCC2C(=O)OC)c1Cl. The van der Waals surface area contributed by atoms with Gasteiger partial charge in [-0.2, -0.15) is 5.10 Å². The fraction of sp³-hybridized carbons (Fsp3) is 0.733. The number of nitrogens with zero attached hydrogens (tertiary/aromatic N) is 3. The normalized spacial score (nSPS) is 19.7. The van der Waals surface area contributed by atoms with Gasteiger partial charge in [-0.3, -0.25) is 14.4 Å². The molecule has 0 spiro atoms. The number of ether oxygens (including phenoxy) is 1. The number of rotatable bonds is 5. The maximum atomic E-state index is 11.9. The summed E-state index contributed by atoms with van der Waals surface area (Å²) in [6.07, 6.45) is 3.84. The minimum atomic E-state index is -0.162. The number of carbonyl (C=O) groups excluding carboxylic acids is 1. The predicted octanol–water partition coefficient (Wildman–Crippen LogP) is 2.65. The lowest BCUT2D eigenvalue weighted by molar-refractivity contribution is -0.148. The Hall–Kier alpha value is -1.07. The van der Waals surface area contributed by atoms with E-state index in [-0.39, 0.29) is 12.0 Å². The smallest absolute Gasteiger partial charge is 0.323 e. The van der Waals surface area contributed by atoms with Crippen molar-refractivity contribution in [3.05, 3.63) is 16.4 Å². The fourth-order valence-corrected chi connectivity index (χ4v) is 3.27. The molecule has 5 nitrogen and oxygen atoms in total. The van der Waals surface area contributed by atoms with E-state index in [1.165, 1.54) is 7.11 Å². The van der Waals surface area contributed by atoms with Gasteiger partial charge >= 0.3 is 5.97 Å². The van der Waals surface area contributed by atoms with Crippen molar-refractivity contribution in [2.75, 3.05) is 13.7 Å². The predicted molar refractivity (Wildman–Crippen MR) is 82.4 cm³/mol. The lowest BCUT2D eigenvalue weighted by atomic mass is 10.0. The maximum absolute atomic E-state index is 11.9. The molecule has 0 amide bonds. The first-order valence-electron chi connectivity index (χ1n) is 7.68. The second kappa shape index (κ2) is 7.27. The van der Waals surface area contributed by atoms with Crippen LogP contribution in [0, 0.1) is 0 Å². The molecule has 118 valence electrons. The molecule has 21 heavy (non-hydrogen) atoms. The van der Waals surface area contributed by atoms with Gasteiger partial charge in [0.05, 0.1) is 23.5 Å². The summed E-state index contributed by atoms with van der Waals surface area (Å²) in [7, 11) is 1.45. The summed E-state index contributed by atoms with van der Waals surface area (Å²) >= 11 is 6.46. The minimum Gasteiger partial charge on any atom is -0.468 e. The first-order chi connectivity index (χ1) is 10.1. The van der Waals surface area contributed by atoms with Gasteiger partial charge in [-0.1, -0.05) is 24.9 Å². The van der Waals surface area contributed by atoms with E-state index in [1.807, 2.05) is 4.68 Å². The molecular weight excluding hydrogens is 290 g/mol. The van der Waals surface area contributed by atoms with E-state index in [0.29, 0.717) is 6.54 Å². The number of likely N-dealkylation sites (tertiary alicyclic amines) is 1. The molecule has 0 aromatic carbocycles. The van der Waals surface area contributed by atoms with Crippen molar-refractivity contribution < 1.29 is 9.53 Å². The second-order valence-corrected chi connectivity index (χ2v) is 5.76. The zero-order valence-corrected chi connectivity index (χ0v) is 13.8. The lowest BCUT2D eigenvalue weighted by Crippen LogP contribution is -2.45. The molecule has 1 atom stereocenters. The number of carbonyl (C=O) groups is 1. The molecule has 1 fully saturated rings. The third-order valence-corrected chi connectivity index (χ3v) is 4.57. The highest BCUT2D eigenvalue weighted by atomic mass is 35.5. The van der Waals surface area contributed by atoms with Crippen LogP contribution in [0.5, 0.6) is 0 Å². The maximum Gasteiger partial charge on any atom is 0.323 e. The van der Waals surface area contributed by atoms with Crippen LogP contribution in [0.4, 0.5) is 0 Å². The molecule has 2 rings (SSSR count). The van der Waals surface area contributed by atoms with Gasteiger partial charge in [0, 0.05) is 13.1 Å². The van der Waals surface area contributed by atoms with Gasteiger partial charge in [0.25, 0.3) is 0 Å². The summed E-state index contributed by atoms with van der Waals surface area (Å²) in [5.41, 5.74) is 1.94. The lowest BCUT2D eigenvalue weighted by Gasteiger charge is -2.33. The highest BCUT2D eigenvalue weighted by molar-refractivity contribution is 6.31. The van der Waals surface area contributed by atoms with Crippen molar-refractivity contribution in [1.29, 1.82) is 0 Å². The number of aromatic nitrogens is 2. The Kier molecular flexibility index (Phi) is 5.65. The topological polar surface area (TPSA) is 47.4 Å². The Morgan fingerprint density at radius 3 is 2.81 bits per heavy atom. The molecule has 0 saturated carbocycles. The molecule has 1 unspecified atom stereocenters. The van der Waals surface area contributed by atoms with Crippen molar-refractivity contribution >= 4 is 17.6 Å². The number of hydrogen-bond donors (Lipinski definition) is 0. The van der Waals surface area contributed by atoms with Gasteiger partial charge in [-0.15, -0.1) is 0 Å². The van der Waals surface area contributed by atoms with Crippen LogP contribution in [-0.2, 0) is 29.0 Å². The zero-order valence-electron chi connectivity index (χ0n) is 13.1. The number of halogens is 1. The van der Waals surface area contributed by atoms with Gasteiger partial charge in [-0.25, -0.2) is 0 Å². The molecule has 1 aliphatic rings. The Balaban J connectivity index is 2.22. The van der Waals surface area contributed by atoms with Crippen molar-refractivity contribution in [3.8, 4) is 0 Å². The Morgan fingerprint density at radius 1 is 1.43 bits per heavy atom. The summed E-state index contributed by atoms with van der Waals surface area (Å²) in [6.45, 7) is 6.44. The number of piperidine rings is 1. The van der Waals surface area contributed by atoms with Crippen LogP contribution in [-0.4, -0.2) is 40.3 Å². The first kappa shape index (κ1) is 16.3. The Morgan fingerprint density at radius 2 is 2.19 bits per heavy atom. The third kappa shape index (κ3) is 3.40. The standard InChI is InChI=1S/C15H24ClN3O2/c1-4-11-14(16)13(19(5-2)17-11)10-18-9-7-6-8-12(18)15(20)21-3/h12H,4-10H2,1-3H3. The third-order valence-electron chi connectivity index (χ3n) is 4.13. The number of hydrogen-bond acceptors (Lipinski definition) is 4. The fourth-order valence-electron chi connectivity index (χ4n) is 2.94. The molecule has 2 heterocycles. The Bertz CT molecular complexity index is 501. The van der Waals surface area contributed by atoms with Crippen LogP contribution in [0.1, 0.15) is 44.5 Å². The summed E-state index contributed by atoms with van der Waals surface area (Å²) in [5, 5.41) is 5.29. The summed E-state index contributed by atoms with van der Waals surface area (Å²) in [5.74, 6) is -0.149. The summed E-state index contributed by atoms with van der Waals surface area (Å²) in [6, 6.07) is -0.162. The molecule has 0 aliphatic carbocycles. The van der Waals surface area contributed by atoms with Crippen LogP contribution in [0.3, 0.4) is 0 Å². The van der Waals surface area contributed by atoms with Crippen molar-refractivity contribution in [2.24, 2.45) is 0 Å². The van der Waals surface area contributed by atoms with Gasteiger partial charge in [0.2, 0.25) is 0 Å². The average molecular weight is 314 g/mol. The molecular formula is C15H24ClN3O2. The van der Waals surface area contributed by atoms with Crippen LogP contribution in [0.2, 0.25) is 5.02 Å². The van der Waals surface area contributed by atoms with E-state index in [2.05, 4.69) is 23.8 Å². The van der Waals surface area contributed by atoms with E-state index < -0.39 is 0 Å². The van der Waals surface area contributed by atoms with Crippen LogP contribution < -0.4 is 0 Å². The summed E-state index contributed by atoms with van der Waals surface area (Å²) in [4.78, 5) is 14.1. The first-order valence-corrected chi connectivity index (χ1v) is 8.06. The van der Waals surface area contributed by atoms with Crippen LogP contribution >= 0.6 is 11.6 Å². The van der Waals surface area contributed by atoms with Crippen molar-refractivity contribution in [1.82, 2.24) is 14.7 Å². The monoisotopic (exact) mass is 313 g/mol. The molecule has 0 radical (unpaired) electrons. The average Bonchev–Trinajstić information content (AvgIpc) is 2.83. The largest absolute Gasteiger partial charge is 0.468 e. The molecule has 1 aliphatic heterocycles. The van der Waals surface area contributed by atoms with Gasteiger partial charge in [0.1, 0.15) is 6.04 Å². The van der Waals surface area contributed by atoms with Crippen LogP contribution in [0.25, 0.3) is 0 Å². The van der Waals surface area contributed by atoms with Gasteiger partial charge in [-0.05, 0) is 32.7 Å². The van der Waals surface area contributed by atoms with Gasteiger partial charge < -0.3 is 4.74 Å². The summed E-state index contributed by atoms with van der Waals surface area (Å²) < 4.78 is 6.88. The number of esters is 1. The molecule has 1 saturated heterocycles. The molecule has 1 aromatic heterocycles. The minimum absolute atomic E-state index is 0.149. The highest BCUT2D eigenvalue weighted by Crippen LogP contribution is 2.26. The zero-order chi connectivity index (χ0) is 15.4. The number of methoxy groups -OCH3 is 1. The molecule has 6 heteroatoms. The van der Waals surface area contributed by atoms with E-state index in [4.69, 9.17) is 16.3 Å². The number of aryl methyl sites for hydroxylation is 2. The van der Waals surface area contributed by atoms with E-state index in [1.54, 1.807) is 0 Å². The van der Waals surface area contributed by atoms with Crippen molar-refractivity contribution in [3.63, 3.8) is 0 Å². The van der Waals surface area contributed by atoms with E-state index in [9.17, 15) is 4.79 Å².